The monoisotopic (exact) mass is 213 g/mol. The molecule has 0 aromatic rings. The quantitative estimate of drug-likeness (QED) is 0.422. The van der Waals surface area contributed by atoms with Gasteiger partial charge in [-0.2, -0.15) is 0 Å². The third kappa shape index (κ3) is 3.70. The number of ether oxygens (including phenoxy) is 1. The van der Waals surface area contributed by atoms with Gasteiger partial charge in [-0.15, -0.1) is 0 Å². The minimum atomic E-state index is -4.46. The second-order valence-electron chi connectivity index (χ2n) is 2.81. The van der Waals surface area contributed by atoms with Gasteiger partial charge in [0, 0.05) is 6.42 Å². The second kappa shape index (κ2) is 4.02. The van der Waals surface area contributed by atoms with Gasteiger partial charge in [-0.05, 0) is 0 Å². The zero-order chi connectivity index (χ0) is 10.1. The van der Waals surface area contributed by atoms with Crippen molar-refractivity contribution >= 4 is 7.82 Å². The summed E-state index contributed by atoms with van der Waals surface area (Å²) in [4.78, 5) is 16.7. The van der Waals surface area contributed by atoms with Gasteiger partial charge in [0.05, 0.1) is 18.8 Å². The molecule has 8 heteroatoms. The number of aliphatic hydroxyl groups is 1. The first-order valence-electron chi connectivity index (χ1n) is 3.67. The third-order valence-corrected chi connectivity index (χ3v) is 2.15. The van der Waals surface area contributed by atoms with Crippen LogP contribution in [0.5, 0.6) is 0 Å². The van der Waals surface area contributed by atoms with Crippen molar-refractivity contribution in [2.75, 3.05) is 6.61 Å². The van der Waals surface area contributed by atoms with E-state index in [1.165, 1.54) is 0 Å². The predicted octanol–water partition coefficient (Wildman–Crippen LogP) is -1.47. The van der Waals surface area contributed by atoms with E-state index in [0.717, 1.165) is 0 Å². The number of aliphatic hydroxyl groups excluding tert-OH is 1. The van der Waals surface area contributed by atoms with E-state index >= 15 is 0 Å². The molecular formula is C5H12NO6P. The molecule has 1 rings (SSSR count). The van der Waals surface area contributed by atoms with Crippen molar-refractivity contribution < 1.29 is 28.7 Å². The highest BCUT2D eigenvalue weighted by atomic mass is 31.2. The van der Waals surface area contributed by atoms with Crippen molar-refractivity contribution in [2.45, 2.75) is 24.9 Å². The Bertz CT molecular complexity index is 207. The van der Waals surface area contributed by atoms with E-state index < -0.39 is 26.3 Å². The number of nitrogens with two attached hydrogens (primary N) is 1. The van der Waals surface area contributed by atoms with Crippen molar-refractivity contribution in [3.63, 3.8) is 0 Å². The Morgan fingerprint density at radius 1 is 1.62 bits per heavy atom. The summed E-state index contributed by atoms with van der Waals surface area (Å²) in [6.45, 7) is -0.269. The molecule has 0 unspecified atom stereocenters. The Labute approximate surface area is 74.7 Å². The third-order valence-electron chi connectivity index (χ3n) is 1.66. The zero-order valence-electron chi connectivity index (χ0n) is 6.74. The molecule has 1 heterocycles. The molecule has 0 bridgehead atoms. The van der Waals surface area contributed by atoms with Crippen molar-refractivity contribution in [3.8, 4) is 0 Å². The van der Waals surface area contributed by atoms with E-state index in [-0.39, 0.29) is 13.0 Å². The highest BCUT2D eigenvalue weighted by Gasteiger charge is 2.32. The Morgan fingerprint density at radius 2 is 2.23 bits per heavy atom. The van der Waals surface area contributed by atoms with E-state index in [1.807, 2.05) is 0 Å². The van der Waals surface area contributed by atoms with Gasteiger partial charge >= 0.3 is 7.82 Å². The lowest BCUT2D eigenvalue weighted by atomic mass is 10.2. The maximum atomic E-state index is 10.3. The normalized spacial score (nSPS) is 35.2. The number of phosphoric ester groups is 1. The van der Waals surface area contributed by atoms with Crippen LogP contribution in [0.4, 0.5) is 0 Å². The average Bonchev–Trinajstić information content (AvgIpc) is 2.27. The van der Waals surface area contributed by atoms with E-state index in [0.29, 0.717) is 0 Å². The summed E-state index contributed by atoms with van der Waals surface area (Å²) in [7, 11) is -4.46. The summed E-state index contributed by atoms with van der Waals surface area (Å²) < 4.78 is 19.4. The highest BCUT2D eigenvalue weighted by Crippen LogP contribution is 2.36. The fraction of sp³-hybridized carbons (Fsp3) is 1.00. The summed E-state index contributed by atoms with van der Waals surface area (Å²) in [5.41, 5.74) is 5.29. The molecule has 1 saturated heterocycles. The van der Waals surface area contributed by atoms with Crippen LogP contribution in [0.3, 0.4) is 0 Å². The van der Waals surface area contributed by atoms with Gasteiger partial charge in [0.25, 0.3) is 0 Å². The molecule has 13 heavy (non-hydrogen) atoms. The highest BCUT2D eigenvalue weighted by molar-refractivity contribution is 7.46. The molecule has 78 valence electrons. The van der Waals surface area contributed by atoms with Gasteiger partial charge < -0.3 is 25.4 Å². The van der Waals surface area contributed by atoms with Crippen LogP contribution in [0.2, 0.25) is 0 Å². The first kappa shape index (κ1) is 11.1. The lowest BCUT2D eigenvalue weighted by Crippen LogP contribution is -2.30. The molecule has 0 aliphatic carbocycles. The molecular weight excluding hydrogens is 201 g/mol. The topological polar surface area (TPSA) is 122 Å². The zero-order valence-corrected chi connectivity index (χ0v) is 7.63. The van der Waals surface area contributed by atoms with Crippen LogP contribution in [0.1, 0.15) is 6.42 Å². The van der Waals surface area contributed by atoms with Crippen molar-refractivity contribution in [2.24, 2.45) is 5.73 Å². The summed E-state index contributed by atoms with van der Waals surface area (Å²) in [6, 6.07) is 0. The number of rotatable bonds is 3. The van der Waals surface area contributed by atoms with Crippen LogP contribution < -0.4 is 5.73 Å². The fourth-order valence-electron chi connectivity index (χ4n) is 1.06. The maximum Gasteiger partial charge on any atom is 0.469 e. The first-order chi connectivity index (χ1) is 5.88. The lowest BCUT2D eigenvalue weighted by Gasteiger charge is -2.10. The molecule has 0 amide bonds. The maximum absolute atomic E-state index is 10.3. The van der Waals surface area contributed by atoms with Gasteiger partial charge in [0.1, 0.15) is 6.23 Å². The van der Waals surface area contributed by atoms with Crippen LogP contribution in [0, 0.1) is 0 Å². The molecule has 0 saturated carbocycles. The molecule has 5 N–H and O–H groups in total. The number of hydrogen-bond acceptors (Lipinski definition) is 5. The van der Waals surface area contributed by atoms with Gasteiger partial charge in [0.15, 0.2) is 0 Å². The largest absolute Gasteiger partial charge is 0.469 e. The molecule has 3 atom stereocenters. The summed E-state index contributed by atoms with van der Waals surface area (Å²) in [5.74, 6) is 0. The van der Waals surface area contributed by atoms with Crippen molar-refractivity contribution in [1.29, 1.82) is 0 Å². The van der Waals surface area contributed by atoms with Crippen LogP contribution in [0.15, 0.2) is 0 Å². The fourth-order valence-corrected chi connectivity index (χ4v) is 1.42. The number of hydrogen-bond donors (Lipinski definition) is 4. The van der Waals surface area contributed by atoms with E-state index in [4.69, 9.17) is 25.4 Å². The Morgan fingerprint density at radius 3 is 2.62 bits per heavy atom. The Kier molecular flexibility index (Phi) is 3.42. The molecule has 0 radical (unpaired) electrons. The standard InChI is InChI=1S/C5H12NO6P/c6-5-4(7)1-3(12-5)2-11-13(8,9)10/h3-5,7H,1-2,6H2,(H2,8,9,10)/t3-,4+,5+/m0/s1. The molecule has 1 fully saturated rings. The predicted molar refractivity (Wildman–Crippen MR) is 41.5 cm³/mol. The van der Waals surface area contributed by atoms with Crippen LogP contribution in [-0.4, -0.2) is 39.9 Å². The van der Waals surface area contributed by atoms with Crippen LogP contribution in [-0.2, 0) is 13.8 Å². The van der Waals surface area contributed by atoms with Gasteiger partial charge in [0.2, 0.25) is 0 Å². The number of phosphoric acid groups is 1. The second-order valence-corrected chi connectivity index (χ2v) is 4.05. The molecule has 1 aliphatic heterocycles. The lowest BCUT2D eigenvalue weighted by molar-refractivity contribution is -0.00587. The van der Waals surface area contributed by atoms with E-state index in [1.54, 1.807) is 0 Å². The van der Waals surface area contributed by atoms with E-state index in [9.17, 15) is 4.57 Å². The first-order valence-corrected chi connectivity index (χ1v) is 5.21. The Balaban J connectivity index is 2.29. The minimum Gasteiger partial charge on any atom is -0.389 e. The van der Waals surface area contributed by atoms with Crippen LogP contribution >= 0.6 is 7.82 Å². The van der Waals surface area contributed by atoms with Gasteiger partial charge in [-0.1, -0.05) is 0 Å². The van der Waals surface area contributed by atoms with Gasteiger partial charge in [-0.3, -0.25) is 4.52 Å². The van der Waals surface area contributed by atoms with Crippen molar-refractivity contribution in [3.05, 3.63) is 0 Å². The van der Waals surface area contributed by atoms with Crippen LogP contribution in [0.25, 0.3) is 0 Å². The van der Waals surface area contributed by atoms with Gasteiger partial charge in [-0.25, -0.2) is 4.57 Å². The Hall–Kier alpha value is -0.0100. The minimum absolute atomic E-state index is 0.223. The molecule has 1 aliphatic rings. The average molecular weight is 213 g/mol. The molecule has 7 nitrogen and oxygen atoms in total. The van der Waals surface area contributed by atoms with E-state index in [2.05, 4.69) is 4.52 Å². The van der Waals surface area contributed by atoms with Crippen molar-refractivity contribution in [1.82, 2.24) is 0 Å². The summed E-state index contributed by atoms with van der Waals surface area (Å²) in [5, 5.41) is 9.10. The molecule has 0 aromatic carbocycles. The SMILES string of the molecule is N[C@@H]1O[C@H](COP(=O)(O)O)C[C@H]1O. The molecule has 0 aromatic heterocycles. The molecule has 0 spiro atoms. The smallest absolute Gasteiger partial charge is 0.389 e. The summed E-state index contributed by atoms with van der Waals surface area (Å²) >= 11 is 0. The summed E-state index contributed by atoms with van der Waals surface area (Å²) in [6.07, 6.45) is -1.94.